The summed E-state index contributed by atoms with van der Waals surface area (Å²) in [5, 5.41) is 8.91. The lowest BCUT2D eigenvalue weighted by Gasteiger charge is -2.19. The zero-order valence-corrected chi connectivity index (χ0v) is 14.6. The van der Waals surface area contributed by atoms with Crippen LogP contribution in [0.1, 0.15) is 26.8 Å². The van der Waals surface area contributed by atoms with E-state index in [1.54, 1.807) is 23.0 Å². The fourth-order valence-corrected chi connectivity index (χ4v) is 3.14. The van der Waals surface area contributed by atoms with Crippen LogP contribution in [0, 0.1) is 5.92 Å². The molecular formula is C16H19N5O2S. The number of nitrogens with zero attached hydrogens (tertiary/aromatic N) is 4. The molecule has 7 nitrogen and oxygen atoms in total. The number of nitrogens with one attached hydrogen (secondary N) is 1. The molecule has 0 unspecified atom stereocenters. The van der Waals surface area contributed by atoms with Crippen LogP contribution in [0.2, 0.25) is 0 Å². The number of hydrogen-bond acceptors (Lipinski definition) is 5. The molecule has 0 saturated heterocycles. The van der Waals surface area contributed by atoms with Gasteiger partial charge in [0.05, 0.1) is 24.1 Å². The Balaban J connectivity index is 1.77. The molecule has 1 amide bonds. The highest BCUT2D eigenvalue weighted by Crippen LogP contribution is 2.20. The molecule has 1 atom stereocenters. The monoisotopic (exact) mass is 345 g/mol. The van der Waals surface area contributed by atoms with Crippen molar-refractivity contribution in [2.45, 2.75) is 33.4 Å². The highest BCUT2D eigenvalue weighted by Gasteiger charge is 2.16. The van der Waals surface area contributed by atoms with E-state index >= 15 is 0 Å². The predicted octanol–water partition coefficient (Wildman–Crippen LogP) is 2.51. The lowest BCUT2D eigenvalue weighted by Crippen LogP contribution is -2.28. The summed E-state index contributed by atoms with van der Waals surface area (Å²) in [7, 11) is 0. The van der Waals surface area contributed by atoms with Gasteiger partial charge in [-0.05, 0) is 24.3 Å². The van der Waals surface area contributed by atoms with E-state index in [0.717, 1.165) is 0 Å². The quantitative estimate of drug-likeness (QED) is 0.770. The maximum absolute atomic E-state index is 12.3. The summed E-state index contributed by atoms with van der Waals surface area (Å²) < 4.78 is 3.66. The maximum atomic E-state index is 12.3. The largest absolute Gasteiger partial charge is 0.309 e. The van der Waals surface area contributed by atoms with Crippen LogP contribution in [0.3, 0.4) is 0 Å². The number of aromatic nitrogens is 4. The lowest BCUT2D eigenvalue weighted by atomic mass is 10.1. The molecule has 0 fully saturated rings. The third-order valence-corrected chi connectivity index (χ3v) is 4.93. The minimum atomic E-state index is -0.285. The molecule has 3 aromatic heterocycles. The van der Waals surface area contributed by atoms with Gasteiger partial charge in [0.25, 0.3) is 5.56 Å². The summed E-state index contributed by atoms with van der Waals surface area (Å²) in [6.07, 6.45) is 3.06. The third kappa shape index (κ3) is 3.09. The van der Waals surface area contributed by atoms with E-state index in [4.69, 9.17) is 0 Å². The Labute approximate surface area is 142 Å². The Morgan fingerprint density at radius 2 is 2.12 bits per heavy atom. The summed E-state index contributed by atoms with van der Waals surface area (Å²) in [6, 6.07) is 3.69. The smallest absolute Gasteiger partial charge is 0.271 e. The molecule has 0 aliphatic rings. The summed E-state index contributed by atoms with van der Waals surface area (Å²) in [6.45, 7) is 6.16. The van der Waals surface area contributed by atoms with Gasteiger partial charge in [-0.2, -0.15) is 5.10 Å². The molecule has 126 valence electrons. The van der Waals surface area contributed by atoms with Gasteiger partial charge < -0.3 is 5.32 Å². The molecule has 0 spiro atoms. The van der Waals surface area contributed by atoms with E-state index < -0.39 is 0 Å². The van der Waals surface area contributed by atoms with Crippen LogP contribution >= 0.6 is 11.3 Å². The first-order valence-corrected chi connectivity index (χ1v) is 8.61. The Morgan fingerprint density at radius 3 is 2.88 bits per heavy atom. The normalized spacial score (nSPS) is 12.7. The lowest BCUT2D eigenvalue weighted by molar-refractivity contribution is -0.116. The van der Waals surface area contributed by atoms with Crippen molar-refractivity contribution in [3.63, 3.8) is 0 Å². The minimum Gasteiger partial charge on any atom is -0.309 e. The zero-order valence-electron chi connectivity index (χ0n) is 13.8. The number of anilines is 1. The number of amides is 1. The van der Waals surface area contributed by atoms with E-state index in [1.807, 2.05) is 12.3 Å². The van der Waals surface area contributed by atoms with Gasteiger partial charge in [-0.25, -0.2) is 9.67 Å². The molecule has 3 aromatic rings. The van der Waals surface area contributed by atoms with Crippen LogP contribution in [-0.2, 0) is 11.3 Å². The molecule has 0 aliphatic carbocycles. The maximum Gasteiger partial charge on any atom is 0.271 e. The van der Waals surface area contributed by atoms with Crippen LogP contribution in [0.15, 0.2) is 34.8 Å². The van der Waals surface area contributed by atoms with E-state index in [2.05, 4.69) is 29.2 Å². The predicted molar refractivity (Wildman–Crippen MR) is 94.3 cm³/mol. The molecular weight excluding hydrogens is 326 g/mol. The average molecular weight is 345 g/mol. The molecule has 0 saturated carbocycles. The molecule has 8 heteroatoms. The van der Waals surface area contributed by atoms with Gasteiger partial charge in [0.15, 0.2) is 0 Å². The molecule has 0 aromatic carbocycles. The van der Waals surface area contributed by atoms with Crippen molar-refractivity contribution in [1.29, 1.82) is 0 Å². The molecule has 1 N–H and O–H groups in total. The van der Waals surface area contributed by atoms with Crippen LogP contribution < -0.4 is 10.9 Å². The number of hydrogen-bond donors (Lipinski definition) is 1. The summed E-state index contributed by atoms with van der Waals surface area (Å²) in [5.41, 5.74) is 0.458. The third-order valence-electron chi connectivity index (χ3n) is 4.04. The number of rotatable bonds is 5. The van der Waals surface area contributed by atoms with Crippen molar-refractivity contribution in [2.24, 2.45) is 5.92 Å². The van der Waals surface area contributed by atoms with Crippen molar-refractivity contribution in [2.75, 3.05) is 5.32 Å². The van der Waals surface area contributed by atoms with E-state index in [1.165, 1.54) is 22.2 Å². The van der Waals surface area contributed by atoms with Crippen LogP contribution in [-0.4, -0.2) is 25.2 Å². The van der Waals surface area contributed by atoms with Gasteiger partial charge in [0, 0.05) is 6.07 Å². The minimum absolute atomic E-state index is 0.0824. The highest BCUT2D eigenvalue weighted by atomic mass is 32.1. The van der Waals surface area contributed by atoms with Gasteiger partial charge in [0.1, 0.15) is 17.1 Å². The zero-order chi connectivity index (χ0) is 17.3. The molecule has 3 heterocycles. The topological polar surface area (TPSA) is 81.8 Å². The molecule has 0 radical (unpaired) electrons. The van der Waals surface area contributed by atoms with Gasteiger partial charge >= 0.3 is 0 Å². The van der Waals surface area contributed by atoms with Crippen LogP contribution in [0.4, 0.5) is 5.82 Å². The standard InChI is InChI=1S/C16H19N5O2S/c1-10(2)11(3)21-13(4-6-18-21)19-14(22)8-20-9-17-12-5-7-24-15(12)16(20)23/h4-7,9-11H,8H2,1-3H3,(H,19,22)/t11-/m0/s1. The number of thiophene rings is 1. The molecule has 24 heavy (non-hydrogen) atoms. The average Bonchev–Trinajstić information content (AvgIpc) is 3.18. The fourth-order valence-electron chi connectivity index (χ4n) is 2.35. The Morgan fingerprint density at radius 1 is 1.33 bits per heavy atom. The van der Waals surface area contributed by atoms with Crippen LogP contribution in [0.5, 0.6) is 0 Å². The Hall–Kier alpha value is -2.48. The van der Waals surface area contributed by atoms with Crippen molar-refractivity contribution < 1.29 is 4.79 Å². The van der Waals surface area contributed by atoms with E-state index in [-0.39, 0.29) is 24.1 Å². The second-order valence-electron chi connectivity index (χ2n) is 6.01. The summed E-state index contributed by atoms with van der Waals surface area (Å²) in [4.78, 5) is 28.8. The number of fused-ring (bicyclic) bond motifs is 1. The van der Waals surface area contributed by atoms with Crippen molar-refractivity contribution in [3.8, 4) is 0 Å². The SMILES string of the molecule is CC(C)[C@H](C)n1nccc1NC(=O)Cn1cnc2ccsc2c1=O. The van der Waals surface area contributed by atoms with Gasteiger partial charge in [-0.15, -0.1) is 11.3 Å². The molecule has 0 aliphatic heterocycles. The first-order chi connectivity index (χ1) is 11.5. The van der Waals surface area contributed by atoms with Crippen LogP contribution in [0.25, 0.3) is 10.2 Å². The second-order valence-corrected chi connectivity index (χ2v) is 6.92. The Bertz CT molecular complexity index is 924. The van der Waals surface area contributed by atoms with E-state index in [0.29, 0.717) is 22.0 Å². The van der Waals surface area contributed by atoms with Crippen molar-refractivity contribution in [1.82, 2.24) is 19.3 Å². The number of carbonyl (C=O) groups excluding carboxylic acids is 1. The fraction of sp³-hybridized carbons (Fsp3) is 0.375. The van der Waals surface area contributed by atoms with Gasteiger partial charge in [0.2, 0.25) is 5.91 Å². The van der Waals surface area contributed by atoms with Crippen molar-refractivity contribution in [3.05, 3.63) is 40.4 Å². The summed E-state index contributed by atoms with van der Waals surface area (Å²) >= 11 is 1.33. The molecule has 3 rings (SSSR count). The molecule has 0 bridgehead atoms. The summed E-state index contributed by atoms with van der Waals surface area (Å²) in [5.74, 6) is 0.723. The second kappa shape index (κ2) is 6.56. The Kier molecular flexibility index (Phi) is 4.48. The first kappa shape index (κ1) is 16.4. The highest BCUT2D eigenvalue weighted by molar-refractivity contribution is 7.17. The number of carbonyl (C=O) groups is 1. The first-order valence-electron chi connectivity index (χ1n) is 7.73. The van der Waals surface area contributed by atoms with E-state index in [9.17, 15) is 9.59 Å². The van der Waals surface area contributed by atoms with Gasteiger partial charge in [-0.3, -0.25) is 14.2 Å². The van der Waals surface area contributed by atoms with Crippen molar-refractivity contribution >= 4 is 33.3 Å². The van der Waals surface area contributed by atoms with Gasteiger partial charge in [-0.1, -0.05) is 13.8 Å².